The number of fused-ring (bicyclic) bond motifs is 1. The number of ether oxygens (including phenoxy) is 1. The van der Waals surface area contributed by atoms with Crippen LogP contribution in [-0.2, 0) is 11.2 Å². The van der Waals surface area contributed by atoms with Gasteiger partial charge in [-0.3, -0.25) is 0 Å². The van der Waals surface area contributed by atoms with E-state index in [0.29, 0.717) is 11.1 Å². The van der Waals surface area contributed by atoms with Gasteiger partial charge in [0.1, 0.15) is 5.65 Å². The highest BCUT2D eigenvalue weighted by Crippen LogP contribution is 2.27. The van der Waals surface area contributed by atoms with E-state index in [0.717, 1.165) is 42.0 Å². The van der Waals surface area contributed by atoms with Crippen LogP contribution in [0.3, 0.4) is 0 Å². The zero-order chi connectivity index (χ0) is 20.2. The maximum atomic E-state index is 12.0. The van der Waals surface area contributed by atoms with Gasteiger partial charge in [-0.05, 0) is 69.6 Å². The number of hydrogen-bond acceptors (Lipinski definition) is 5. The first-order valence-corrected chi connectivity index (χ1v) is 10.0. The normalized spacial score (nSPS) is 14.2. The monoisotopic (exact) mass is 388 g/mol. The summed E-state index contributed by atoms with van der Waals surface area (Å²) < 4.78 is 6.88. The number of benzene rings is 1. The zero-order valence-electron chi connectivity index (χ0n) is 16.6. The van der Waals surface area contributed by atoms with Crippen molar-refractivity contribution in [1.29, 1.82) is 5.26 Å². The minimum absolute atomic E-state index is 0.358. The Labute approximate surface area is 170 Å². The molecule has 1 aliphatic heterocycles. The smallest absolute Gasteiger partial charge is 0.339 e. The first-order valence-electron chi connectivity index (χ1n) is 10.0. The molecule has 4 rings (SSSR count). The molecule has 3 heterocycles. The molecule has 0 atom stereocenters. The molecule has 6 nitrogen and oxygen atoms in total. The quantitative estimate of drug-likeness (QED) is 0.603. The predicted octanol–water partition coefficient (Wildman–Crippen LogP) is 3.69. The second-order valence-electron chi connectivity index (χ2n) is 7.39. The van der Waals surface area contributed by atoms with Gasteiger partial charge >= 0.3 is 5.97 Å². The lowest BCUT2D eigenvalue weighted by atomic mass is 10.1. The Morgan fingerprint density at radius 2 is 1.93 bits per heavy atom. The Bertz CT molecular complexity index is 1060. The van der Waals surface area contributed by atoms with E-state index in [4.69, 9.17) is 15.0 Å². The van der Waals surface area contributed by atoms with Crippen molar-refractivity contribution in [2.24, 2.45) is 0 Å². The van der Waals surface area contributed by atoms with Crippen molar-refractivity contribution in [3.63, 3.8) is 0 Å². The topological polar surface area (TPSA) is 70.6 Å². The summed E-state index contributed by atoms with van der Waals surface area (Å²) in [5.74, 6) is -0.358. The summed E-state index contributed by atoms with van der Waals surface area (Å²) in [5.41, 5.74) is 4.88. The van der Waals surface area contributed by atoms with E-state index in [2.05, 4.69) is 11.0 Å². The fourth-order valence-electron chi connectivity index (χ4n) is 3.98. The van der Waals surface area contributed by atoms with E-state index in [1.807, 2.05) is 40.9 Å². The third-order valence-corrected chi connectivity index (χ3v) is 5.51. The van der Waals surface area contributed by atoms with Crippen molar-refractivity contribution in [2.45, 2.75) is 25.7 Å². The van der Waals surface area contributed by atoms with Crippen LogP contribution in [0.15, 0.2) is 42.6 Å². The fourth-order valence-corrected chi connectivity index (χ4v) is 3.98. The molecule has 6 heteroatoms. The summed E-state index contributed by atoms with van der Waals surface area (Å²) in [7, 11) is 1.39. The van der Waals surface area contributed by atoms with Crippen molar-refractivity contribution < 1.29 is 9.53 Å². The van der Waals surface area contributed by atoms with Gasteiger partial charge in [0.15, 0.2) is 0 Å². The molecule has 2 aromatic heterocycles. The molecule has 1 aromatic carbocycles. The fraction of sp³-hybridized carbons (Fsp3) is 0.348. The van der Waals surface area contributed by atoms with Gasteiger partial charge in [-0.2, -0.15) is 5.26 Å². The number of aromatic nitrogens is 2. The van der Waals surface area contributed by atoms with Crippen LogP contribution in [0.25, 0.3) is 16.9 Å². The number of nitriles is 1. The second kappa shape index (κ2) is 8.46. The molecule has 1 fully saturated rings. The van der Waals surface area contributed by atoms with E-state index in [-0.39, 0.29) is 5.97 Å². The molecule has 0 saturated carbocycles. The number of rotatable bonds is 6. The maximum Gasteiger partial charge on any atom is 0.339 e. The third-order valence-electron chi connectivity index (χ3n) is 5.51. The van der Waals surface area contributed by atoms with Crippen LogP contribution in [0.5, 0.6) is 0 Å². The van der Waals surface area contributed by atoms with Gasteiger partial charge in [-0.25, -0.2) is 9.78 Å². The van der Waals surface area contributed by atoms with Gasteiger partial charge in [0.2, 0.25) is 0 Å². The SMILES string of the molecule is COC(=O)c1ccc2nc(-c3ccc(C#N)cc3)c(CCCN3CCCC3)n2c1. The summed E-state index contributed by atoms with van der Waals surface area (Å²) in [6.45, 7) is 3.43. The van der Waals surface area contributed by atoms with Crippen molar-refractivity contribution >= 4 is 11.6 Å². The molecule has 0 unspecified atom stereocenters. The van der Waals surface area contributed by atoms with Gasteiger partial charge in [0.25, 0.3) is 0 Å². The molecular weight excluding hydrogens is 364 g/mol. The molecule has 29 heavy (non-hydrogen) atoms. The lowest BCUT2D eigenvalue weighted by Crippen LogP contribution is -2.21. The third kappa shape index (κ3) is 4.01. The van der Waals surface area contributed by atoms with Gasteiger partial charge in [0.05, 0.1) is 35.7 Å². The predicted molar refractivity (Wildman–Crippen MR) is 111 cm³/mol. The number of pyridine rings is 1. The van der Waals surface area contributed by atoms with Crippen molar-refractivity contribution in [1.82, 2.24) is 14.3 Å². The van der Waals surface area contributed by atoms with Crippen molar-refractivity contribution in [2.75, 3.05) is 26.7 Å². The first-order chi connectivity index (χ1) is 14.2. The highest BCUT2D eigenvalue weighted by Gasteiger charge is 2.17. The van der Waals surface area contributed by atoms with E-state index >= 15 is 0 Å². The number of likely N-dealkylation sites (tertiary alicyclic amines) is 1. The Balaban J connectivity index is 1.71. The number of hydrogen-bond donors (Lipinski definition) is 0. The average molecular weight is 388 g/mol. The standard InChI is InChI=1S/C23H24N4O2/c1-29-23(28)19-10-11-21-25-22(18-8-6-17(15-24)7-9-18)20(27(21)16-19)5-4-14-26-12-2-3-13-26/h6-11,16H,2-5,12-14H2,1H3. The van der Waals surface area contributed by atoms with Gasteiger partial charge < -0.3 is 14.0 Å². The minimum Gasteiger partial charge on any atom is -0.465 e. The lowest BCUT2D eigenvalue weighted by molar-refractivity contribution is 0.0600. The minimum atomic E-state index is -0.358. The molecular formula is C23H24N4O2. The largest absolute Gasteiger partial charge is 0.465 e. The Hall–Kier alpha value is -3.17. The molecule has 0 radical (unpaired) electrons. The summed E-state index contributed by atoms with van der Waals surface area (Å²) >= 11 is 0. The number of methoxy groups -OCH3 is 1. The number of carbonyl (C=O) groups is 1. The summed E-state index contributed by atoms with van der Waals surface area (Å²) in [5, 5.41) is 9.08. The molecule has 0 bridgehead atoms. The highest BCUT2D eigenvalue weighted by molar-refractivity contribution is 5.89. The Morgan fingerprint density at radius 1 is 1.17 bits per heavy atom. The highest BCUT2D eigenvalue weighted by atomic mass is 16.5. The molecule has 0 spiro atoms. The summed E-state index contributed by atoms with van der Waals surface area (Å²) in [6, 6.07) is 13.2. The first kappa shape index (κ1) is 19.2. The average Bonchev–Trinajstić information content (AvgIpc) is 3.41. The zero-order valence-corrected chi connectivity index (χ0v) is 16.6. The number of aryl methyl sites for hydroxylation is 1. The van der Waals surface area contributed by atoms with Gasteiger partial charge in [-0.1, -0.05) is 12.1 Å². The van der Waals surface area contributed by atoms with Crippen LogP contribution in [0, 0.1) is 11.3 Å². The Morgan fingerprint density at radius 3 is 2.62 bits per heavy atom. The maximum absolute atomic E-state index is 12.0. The van der Waals surface area contributed by atoms with Crippen LogP contribution in [0.4, 0.5) is 0 Å². The molecule has 1 aliphatic rings. The van der Waals surface area contributed by atoms with E-state index in [1.54, 1.807) is 6.07 Å². The van der Waals surface area contributed by atoms with Crippen LogP contribution in [0.2, 0.25) is 0 Å². The van der Waals surface area contributed by atoms with Gasteiger partial charge in [0, 0.05) is 11.8 Å². The summed E-state index contributed by atoms with van der Waals surface area (Å²) in [6.07, 6.45) is 6.27. The molecule has 3 aromatic rings. The van der Waals surface area contributed by atoms with Crippen LogP contribution in [-0.4, -0.2) is 47.0 Å². The van der Waals surface area contributed by atoms with E-state index < -0.39 is 0 Å². The van der Waals surface area contributed by atoms with E-state index in [1.165, 1.54) is 33.0 Å². The van der Waals surface area contributed by atoms with Crippen molar-refractivity contribution in [3.05, 3.63) is 59.4 Å². The summed E-state index contributed by atoms with van der Waals surface area (Å²) in [4.78, 5) is 19.3. The van der Waals surface area contributed by atoms with Crippen LogP contribution < -0.4 is 0 Å². The number of imidazole rings is 1. The number of carbonyl (C=O) groups excluding carboxylic acids is 1. The molecule has 148 valence electrons. The number of esters is 1. The molecule has 0 N–H and O–H groups in total. The molecule has 0 amide bonds. The molecule has 0 aliphatic carbocycles. The molecule has 1 saturated heterocycles. The van der Waals surface area contributed by atoms with E-state index in [9.17, 15) is 4.79 Å². The van der Waals surface area contributed by atoms with Crippen molar-refractivity contribution in [3.8, 4) is 17.3 Å². The second-order valence-corrected chi connectivity index (χ2v) is 7.39. The van der Waals surface area contributed by atoms with Gasteiger partial charge in [-0.15, -0.1) is 0 Å². The Kier molecular flexibility index (Phi) is 5.59. The van der Waals surface area contributed by atoms with Crippen LogP contribution in [0.1, 0.15) is 40.9 Å². The number of nitrogens with zero attached hydrogens (tertiary/aromatic N) is 4. The lowest BCUT2D eigenvalue weighted by Gasteiger charge is -2.14. The van der Waals surface area contributed by atoms with Crippen LogP contribution >= 0.6 is 0 Å².